The van der Waals surface area contributed by atoms with Gasteiger partial charge in [0.1, 0.15) is 0 Å². The minimum Gasteiger partial charge on any atom is -0.481 e. The van der Waals surface area contributed by atoms with Crippen molar-refractivity contribution in [2.75, 3.05) is 0 Å². The molecule has 0 radical (unpaired) electrons. The number of carboxylic acids is 1. The number of fused-ring (bicyclic) bond motifs is 3. The van der Waals surface area contributed by atoms with Crippen molar-refractivity contribution in [2.45, 2.75) is 46.1 Å². The van der Waals surface area contributed by atoms with Gasteiger partial charge in [0.15, 0.2) is 0 Å². The van der Waals surface area contributed by atoms with E-state index < -0.39 is 5.97 Å². The third-order valence-corrected chi connectivity index (χ3v) is 4.42. The molecule has 0 saturated carbocycles. The fourth-order valence-corrected chi connectivity index (χ4v) is 3.51. The van der Waals surface area contributed by atoms with Gasteiger partial charge in [-0.2, -0.15) is 0 Å². The van der Waals surface area contributed by atoms with Gasteiger partial charge in [0, 0.05) is 22.6 Å². The molecule has 1 aliphatic carbocycles. The SMILES string of the molecule is Cc1ccc2c(c1)c1c(n2C(C)C)CCC(C(=O)O)C1. The number of hydrogen-bond acceptors (Lipinski definition) is 1. The number of aryl methyl sites for hydroxylation is 1. The van der Waals surface area contributed by atoms with Gasteiger partial charge in [-0.05, 0) is 57.7 Å². The molecule has 0 fully saturated rings. The minimum atomic E-state index is -0.659. The molecule has 3 nitrogen and oxygen atoms in total. The lowest BCUT2D eigenvalue weighted by Gasteiger charge is -2.22. The lowest BCUT2D eigenvalue weighted by Crippen LogP contribution is -2.23. The Hall–Kier alpha value is -1.77. The zero-order valence-electron chi connectivity index (χ0n) is 12.3. The number of benzene rings is 1. The number of carbonyl (C=O) groups is 1. The quantitative estimate of drug-likeness (QED) is 0.904. The average molecular weight is 271 g/mol. The molecule has 1 unspecified atom stereocenters. The molecule has 3 heteroatoms. The second-order valence-electron chi connectivity index (χ2n) is 6.19. The standard InChI is InChI=1S/C17H21NO2/c1-10(2)18-15-6-4-11(3)8-13(15)14-9-12(17(19)20)5-7-16(14)18/h4,6,8,10,12H,5,7,9H2,1-3H3,(H,19,20). The average Bonchev–Trinajstić information content (AvgIpc) is 2.71. The highest BCUT2D eigenvalue weighted by Crippen LogP contribution is 2.36. The number of aliphatic carboxylic acids is 1. The van der Waals surface area contributed by atoms with Crippen LogP contribution in [0.15, 0.2) is 18.2 Å². The molecule has 0 saturated heterocycles. The Labute approximate surface area is 119 Å². The molecule has 0 amide bonds. The first-order valence-corrected chi connectivity index (χ1v) is 7.34. The van der Waals surface area contributed by atoms with E-state index in [1.807, 2.05) is 0 Å². The zero-order valence-corrected chi connectivity index (χ0v) is 12.3. The summed E-state index contributed by atoms with van der Waals surface area (Å²) in [5.41, 5.74) is 5.09. The molecule has 0 aliphatic heterocycles. The van der Waals surface area contributed by atoms with Crippen LogP contribution in [0.25, 0.3) is 10.9 Å². The molecule has 1 atom stereocenters. The molecule has 106 valence electrons. The lowest BCUT2D eigenvalue weighted by atomic mass is 9.86. The highest BCUT2D eigenvalue weighted by atomic mass is 16.4. The fourth-order valence-electron chi connectivity index (χ4n) is 3.51. The first-order valence-electron chi connectivity index (χ1n) is 7.34. The van der Waals surface area contributed by atoms with E-state index in [2.05, 4.69) is 43.5 Å². The van der Waals surface area contributed by atoms with Crippen molar-refractivity contribution >= 4 is 16.9 Å². The van der Waals surface area contributed by atoms with Crippen LogP contribution in [0.4, 0.5) is 0 Å². The Kier molecular flexibility index (Phi) is 3.08. The zero-order chi connectivity index (χ0) is 14.4. The van der Waals surface area contributed by atoms with E-state index in [0.717, 1.165) is 12.8 Å². The third-order valence-electron chi connectivity index (χ3n) is 4.42. The van der Waals surface area contributed by atoms with Crippen LogP contribution in [-0.2, 0) is 17.6 Å². The first kappa shape index (κ1) is 13.2. The Balaban J connectivity index is 2.24. The molecule has 1 aromatic heterocycles. The van der Waals surface area contributed by atoms with Gasteiger partial charge in [-0.25, -0.2) is 0 Å². The molecule has 1 aliphatic rings. The van der Waals surface area contributed by atoms with E-state index in [1.165, 1.54) is 27.7 Å². The van der Waals surface area contributed by atoms with E-state index in [-0.39, 0.29) is 5.92 Å². The maximum Gasteiger partial charge on any atom is 0.306 e. The number of aromatic nitrogens is 1. The number of rotatable bonds is 2. The smallest absolute Gasteiger partial charge is 0.306 e. The van der Waals surface area contributed by atoms with Crippen LogP contribution >= 0.6 is 0 Å². The van der Waals surface area contributed by atoms with Gasteiger partial charge in [-0.1, -0.05) is 11.6 Å². The van der Waals surface area contributed by atoms with Gasteiger partial charge in [0.2, 0.25) is 0 Å². The highest BCUT2D eigenvalue weighted by Gasteiger charge is 2.29. The molecule has 1 heterocycles. The van der Waals surface area contributed by atoms with Gasteiger partial charge in [-0.15, -0.1) is 0 Å². The van der Waals surface area contributed by atoms with E-state index >= 15 is 0 Å². The van der Waals surface area contributed by atoms with Crippen molar-refractivity contribution in [2.24, 2.45) is 5.92 Å². The molecule has 1 N–H and O–H groups in total. The third kappa shape index (κ3) is 1.92. The Morgan fingerprint density at radius 3 is 2.80 bits per heavy atom. The number of nitrogens with zero attached hydrogens (tertiary/aromatic N) is 1. The highest BCUT2D eigenvalue weighted by molar-refractivity contribution is 5.87. The van der Waals surface area contributed by atoms with E-state index in [4.69, 9.17) is 0 Å². The van der Waals surface area contributed by atoms with Crippen LogP contribution in [0.3, 0.4) is 0 Å². The van der Waals surface area contributed by atoms with Gasteiger partial charge in [-0.3, -0.25) is 4.79 Å². The molecular formula is C17H21NO2. The monoisotopic (exact) mass is 271 g/mol. The largest absolute Gasteiger partial charge is 0.481 e. The lowest BCUT2D eigenvalue weighted by molar-refractivity contribution is -0.142. The van der Waals surface area contributed by atoms with E-state index in [9.17, 15) is 9.90 Å². The van der Waals surface area contributed by atoms with Crippen LogP contribution in [0.2, 0.25) is 0 Å². The normalized spacial score (nSPS) is 18.5. The van der Waals surface area contributed by atoms with Crippen LogP contribution in [0.1, 0.15) is 43.1 Å². The summed E-state index contributed by atoms with van der Waals surface area (Å²) in [5.74, 6) is -0.886. The predicted molar refractivity (Wildman–Crippen MR) is 80.2 cm³/mol. The van der Waals surface area contributed by atoms with Crippen LogP contribution < -0.4 is 0 Å². The summed E-state index contributed by atoms with van der Waals surface area (Å²) in [7, 11) is 0. The summed E-state index contributed by atoms with van der Waals surface area (Å²) in [4.78, 5) is 11.3. The van der Waals surface area contributed by atoms with Crippen molar-refractivity contribution in [3.63, 3.8) is 0 Å². The summed E-state index contributed by atoms with van der Waals surface area (Å²) in [6.45, 7) is 6.49. The second kappa shape index (κ2) is 4.65. The summed E-state index contributed by atoms with van der Waals surface area (Å²) in [6.07, 6.45) is 2.30. The predicted octanol–water partition coefficient (Wildman–Crippen LogP) is 3.72. The fraction of sp³-hybridized carbons (Fsp3) is 0.471. The van der Waals surface area contributed by atoms with Gasteiger partial charge in [0.05, 0.1) is 5.92 Å². The molecule has 3 rings (SSSR count). The molecule has 2 aromatic rings. The summed E-state index contributed by atoms with van der Waals surface area (Å²) >= 11 is 0. The topological polar surface area (TPSA) is 42.2 Å². The van der Waals surface area contributed by atoms with Gasteiger partial charge < -0.3 is 9.67 Å². The summed E-state index contributed by atoms with van der Waals surface area (Å²) in [5, 5.41) is 10.5. The van der Waals surface area contributed by atoms with E-state index in [0.29, 0.717) is 12.5 Å². The molecule has 0 bridgehead atoms. The summed E-state index contributed by atoms with van der Waals surface area (Å²) in [6, 6.07) is 6.93. The second-order valence-corrected chi connectivity index (χ2v) is 6.19. The summed E-state index contributed by atoms with van der Waals surface area (Å²) < 4.78 is 2.39. The molecule has 1 aromatic carbocycles. The van der Waals surface area contributed by atoms with Crippen LogP contribution in [-0.4, -0.2) is 15.6 Å². The maximum atomic E-state index is 11.3. The molecule has 20 heavy (non-hydrogen) atoms. The van der Waals surface area contributed by atoms with Gasteiger partial charge in [0.25, 0.3) is 0 Å². The van der Waals surface area contributed by atoms with Crippen molar-refractivity contribution < 1.29 is 9.90 Å². The van der Waals surface area contributed by atoms with Crippen molar-refractivity contribution in [3.05, 3.63) is 35.0 Å². The molecular weight excluding hydrogens is 250 g/mol. The van der Waals surface area contributed by atoms with Crippen LogP contribution in [0, 0.1) is 12.8 Å². The van der Waals surface area contributed by atoms with Crippen molar-refractivity contribution in [1.29, 1.82) is 0 Å². The van der Waals surface area contributed by atoms with Gasteiger partial charge >= 0.3 is 5.97 Å². The molecule has 0 spiro atoms. The Morgan fingerprint density at radius 1 is 1.40 bits per heavy atom. The number of hydrogen-bond donors (Lipinski definition) is 1. The van der Waals surface area contributed by atoms with Crippen LogP contribution in [0.5, 0.6) is 0 Å². The van der Waals surface area contributed by atoms with Crippen molar-refractivity contribution in [1.82, 2.24) is 4.57 Å². The Bertz CT molecular complexity index is 682. The minimum absolute atomic E-state index is 0.228. The first-order chi connectivity index (χ1) is 9.49. The number of carboxylic acid groups (broad SMARTS) is 1. The van der Waals surface area contributed by atoms with Crippen molar-refractivity contribution in [3.8, 4) is 0 Å². The Morgan fingerprint density at radius 2 is 2.15 bits per heavy atom. The van der Waals surface area contributed by atoms with E-state index in [1.54, 1.807) is 0 Å². The maximum absolute atomic E-state index is 11.3.